The van der Waals surface area contributed by atoms with E-state index in [1.807, 2.05) is 0 Å². The van der Waals surface area contributed by atoms with E-state index in [2.05, 4.69) is 177 Å². The molecular weight excluding hydrogens is 567 g/mol. The second-order valence-corrected chi connectivity index (χ2v) is 13.7. The van der Waals surface area contributed by atoms with Crippen LogP contribution in [-0.4, -0.2) is 0 Å². The molecule has 0 amide bonds. The Balaban J connectivity index is 1.12. The van der Waals surface area contributed by atoms with Gasteiger partial charge in [-0.2, -0.15) is 0 Å². The Morgan fingerprint density at radius 3 is 1.43 bits per heavy atom. The number of fused-ring (bicyclic) bond motifs is 13. The predicted octanol–water partition coefficient (Wildman–Crippen LogP) is 11.7. The van der Waals surface area contributed by atoms with Gasteiger partial charge in [0.15, 0.2) is 0 Å². The van der Waals surface area contributed by atoms with Crippen LogP contribution in [0.25, 0.3) is 44.5 Å². The quantitative estimate of drug-likeness (QED) is 0.213. The molecule has 1 heteroatoms. The van der Waals surface area contributed by atoms with Crippen molar-refractivity contribution < 1.29 is 0 Å². The zero-order valence-electron chi connectivity index (χ0n) is 26.5. The SMILES string of the molecule is CC1(C)c2ccccc2-c2ccc(-c3ccccc3Nc3ccc4c(c3)C3(c5ccccc5-c5ccccc53)c3ccccc3-4)cc21. The molecule has 3 aliphatic carbocycles. The van der Waals surface area contributed by atoms with E-state index in [1.54, 1.807) is 0 Å². The van der Waals surface area contributed by atoms with E-state index in [4.69, 9.17) is 0 Å². The Labute approximate surface area is 276 Å². The second kappa shape index (κ2) is 9.44. The summed E-state index contributed by atoms with van der Waals surface area (Å²) in [5.41, 5.74) is 20.5. The summed E-state index contributed by atoms with van der Waals surface area (Å²) < 4.78 is 0. The third-order valence-electron chi connectivity index (χ3n) is 11.1. The van der Waals surface area contributed by atoms with Gasteiger partial charge in [0, 0.05) is 22.4 Å². The molecular formula is C46H33N. The number of benzene rings is 7. The number of hydrogen-bond donors (Lipinski definition) is 1. The minimum absolute atomic E-state index is 0.0402. The Bertz CT molecular complexity index is 2360. The monoisotopic (exact) mass is 599 g/mol. The Morgan fingerprint density at radius 1 is 0.362 bits per heavy atom. The van der Waals surface area contributed by atoms with E-state index >= 15 is 0 Å². The van der Waals surface area contributed by atoms with Crippen LogP contribution in [0.4, 0.5) is 11.4 Å². The van der Waals surface area contributed by atoms with Gasteiger partial charge in [-0.3, -0.25) is 0 Å². The van der Waals surface area contributed by atoms with Crippen molar-refractivity contribution in [2.24, 2.45) is 0 Å². The van der Waals surface area contributed by atoms with Crippen LogP contribution < -0.4 is 5.32 Å². The lowest BCUT2D eigenvalue weighted by molar-refractivity contribution is 0.660. The summed E-state index contributed by atoms with van der Waals surface area (Å²) in [6.07, 6.45) is 0. The fourth-order valence-corrected chi connectivity index (χ4v) is 9.04. The van der Waals surface area contributed by atoms with Crippen LogP contribution in [-0.2, 0) is 10.8 Å². The number of anilines is 2. The van der Waals surface area contributed by atoms with Gasteiger partial charge in [-0.25, -0.2) is 0 Å². The first-order valence-electron chi connectivity index (χ1n) is 16.6. The van der Waals surface area contributed by atoms with E-state index < -0.39 is 0 Å². The highest BCUT2D eigenvalue weighted by molar-refractivity contribution is 5.96. The molecule has 0 unspecified atom stereocenters. The van der Waals surface area contributed by atoms with Gasteiger partial charge in [0.1, 0.15) is 0 Å². The first-order chi connectivity index (χ1) is 23.1. The maximum absolute atomic E-state index is 3.89. The molecule has 0 aliphatic heterocycles. The smallest absolute Gasteiger partial charge is 0.0726 e. The average molecular weight is 600 g/mol. The molecule has 0 saturated heterocycles. The zero-order valence-corrected chi connectivity index (χ0v) is 26.5. The lowest BCUT2D eigenvalue weighted by Crippen LogP contribution is -2.25. The van der Waals surface area contributed by atoms with Crippen LogP contribution in [0, 0.1) is 0 Å². The molecule has 7 aromatic carbocycles. The average Bonchev–Trinajstić information content (AvgIpc) is 3.67. The predicted molar refractivity (Wildman–Crippen MR) is 195 cm³/mol. The van der Waals surface area contributed by atoms with Crippen molar-refractivity contribution in [3.63, 3.8) is 0 Å². The van der Waals surface area contributed by atoms with Gasteiger partial charge in [-0.05, 0) is 96.6 Å². The lowest BCUT2D eigenvalue weighted by atomic mass is 9.70. The van der Waals surface area contributed by atoms with Gasteiger partial charge in [0.25, 0.3) is 0 Å². The summed E-state index contributed by atoms with van der Waals surface area (Å²) in [5.74, 6) is 0. The fourth-order valence-electron chi connectivity index (χ4n) is 9.04. The first-order valence-corrected chi connectivity index (χ1v) is 16.6. The van der Waals surface area contributed by atoms with E-state index in [1.165, 1.54) is 77.9 Å². The molecule has 1 N–H and O–H groups in total. The van der Waals surface area contributed by atoms with Gasteiger partial charge in [0.2, 0.25) is 0 Å². The highest BCUT2D eigenvalue weighted by Crippen LogP contribution is 2.63. The van der Waals surface area contributed by atoms with Crippen LogP contribution in [0.2, 0.25) is 0 Å². The van der Waals surface area contributed by atoms with Crippen LogP contribution in [0.5, 0.6) is 0 Å². The van der Waals surface area contributed by atoms with Crippen LogP contribution in [0.3, 0.4) is 0 Å². The molecule has 3 aliphatic rings. The summed E-state index contributed by atoms with van der Waals surface area (Å²) in [4.78, 5) is 0. The number of nitrogens with one attached hydrogen (secondary N) is 1. The van der Waals surface area contributed by atoms with Crippen molar-refractivity contribution in [1.29, 1.82) is 0 Å². The van der Waals surface area contributed by atoms with Crippen molar-refractivity contribution in [1.82, 2.24) is 0 Å². The van der Waals surface area contributed by atoms with Crippen molar-refractivity contribution >= 4 is 11.4 Å². The first kappa shape index (κ1) is 26.5. The van der Waals surface area contributed by atoms with E-state index in [0.717, 1.165) is 11.4 Å². The van der Waals surface area contributed by atoms with Crippen molar-refractivity contribution in [3.05, 3.63) is 191 Å². The molecule has 0 saturated carbocycles. The van der Waals surface area contributed by atoms with Gasteiger partial charge in [-0.15, -0.1) is 0 Å². The van der Waals surface area contributed by atoms with Crippen molar-refractivity contribution in [2.75, 3.05) is 5.32 Å². The molecule has 47 heavy (non-hydrogen) atoms. The summed E-state index contributed by atoms with van der Waals surface area (Å²) in [5, 5.41) is 3.89. The fraction of sp³-hybridized carbons (Fsp3) is 0.0870. The minimum atomic E-state index is -0.350. The molecule has 0 bridgehead atoms. The number of para-hydroxylation sites is 1. The van der Waals surface area contributed by atoms with Gasteiger partial charge >= 0.3 is 0 Å². The summed E-state index contributed by atoms with van der Waals surface area (Å²) in [7, 11) is 0. The van der Waals surface area contributed by atoms with E-state index in [0.29, 0.717) is 0 Å². The topological polar surface area (TPSA) is 12.0 Å². The maximum Gasteiger partial charge on any atom is 0.0726 e. The van der Waals surface area contributed by atoms with Crippen molar-refractivity contribution in [3.8, 4) is 44.5 Å². The molecule has 0 heterocycles. The van der Waals surface area contributed by atoms with E-state index in [-0.39, 0.29) is 10.8 Å². The highest BCUT2D eigenvalue weighted by Gasteiger charge is 2.51. The summed E-state index contributed by atoms with van der Waals surface area (Å²) >= 11 is 0. The highest BCUT2D eigenvalue weighted by atomic mass is 14.9. The number of hydrogen-bond acceptors (Lipinski definition) is 1. The Kier molecular flexibility index (Phi) is 5.33. The maximum atomic E-state index is 3.89. The zero-order chi connectivity index (χ0) is 31.3. The number of rotatable bonds is 3. The Hall–Kier alpha value is -5.66. The molecule has 0 fully saturated rings. The largest absolute Gasteiger partial charge is 0.355 e. The van der Waals surface area contributed by atoms with E-state index in [9.17, 15) is 0 Å². The van der Waals surface area contributed by atoms with Crippen LogP contribution in [0.15, 0.2) is 158 Å². The minimum Gasteiger partial charge on any atom is -0.355 e. The molecule has 1 nitrogen and oxygen atoms in total. The molecule has 1 spiro atoms. The van der Waals surface area contributed by atoms with Gasteiger partial charge in [0.05, 0.1) is 5.41 Å². The molecule has 0 atom stereocenters. The molecule has 0 aromatic heterocycles. The van der Waals surface area contributed by atoms with Crippen LogP contribution in [0.1, 0.15) is 47.2 Å². The molecule has 10 rings (SSSR count). The van der Waals surface area contributed by atoms with Crippen molar-refractivity contribution in [2.45, 2.75) is 24.7 Å². The summed E-state index contributed by atoms with van der Waals surface area (Å²) in [6.45, 7) is 4.70. The second-order valence-electron chi connectivity index (χ2n) is 13.7. The molecule has 7 aromatic rings. The lowest BCUT2D eigenvalue weighted by Gasteiger charge is -2.30. The molecule has 222 valence electrons. The molecule has 0 radical (unpaired) electrons. The third-order valence-corrected chi connectivity index (χ3v) is 11.1. The van der Waals surface area contributed by atoms with Gasteiger partial charge in [-0.1, -0.05) is 147 Å². The van der Waals surface area contributed by atoms with Gasteiger partial charge < -0.3 is 5.32 Å². The standard InChI is InChI=1S/C46H33N/c1-45(2)38-18-8-3-14-32(38)36-25-23-29(27-42(36)45)31-13-7-12-22-44(31)47-30-24-26-37-35-17-6-11-21-41(35)46(43(37)28-30)39-19-9-4-15-33(39)34-16-5-10-20-40(34)46/h3-28,47H,1-2H3. The van der Waals surface area contributed by atoms with Crippen LogP contribution >= 0.6 is 0 Å². The normalized spacial score (nSPS) is 14.9. The third kappa shape index (κ3) is 3.44. The Morgan fingerprint density at radius 2 is 0.809 bits per heavy atom. The summed E-state index contributed by atoms with van der Waals surface area (Å²) in [6, 6.07) is 58.6.